The largest absolute Gasteiger partial charge is 0.465 e. The van der Waals surface area contributed by atoms with E-state index in [-0.39, 0.29) is 18.3 Å². The normalized spacial score (nSPS) is 14.2. The molecule has 0 spiro atoms. The molecule has 3 N–H and O–H groups in total. The smallest absolute Gasteiger partial charge is 0.307 e. The van der Waals surface area contributed by atoms with E-state index in [4.69, 9.17) is 10.5 Å². The van der Waals surface area contributed by atoms with Crippen LogP contribution in [0.4, 0.5) is 0 Å². The lowest BCUT2D eigenvalue weighted by Gasteiger charge is -2.25. The minimum absolute atomic E-state index is 0.0451. The molecule has 0 unspecified atom stereocenters. The van der Waals surface area contributed by atoms with Crippen molar-refractivity contribution in [3.8, 4) is 11.1 Å². The van der Waals surface area contributed by atoms with Crippen LogP contribution in [0.2, 0.25) is 0 Å². The number of primary amides is 1. The third-order valence-electron chi connectivity index (χ3n) is 4.95. The van der Waals surface area contributed by atoms with Gasteiger partial charge in [0, 0.05) is 16.4 Å². The van der Waals surface area contributed by atoms with Crippen molar-refractivity contribution in [2.45, 2.75) is 37.0 Å². The summed E-state index contributed by atoms with van der Waals surface area (Å²) < 4.78 is 8.21. The topological polar surface area (TPSA) is 81.4 Å². The molecule has 0 bridgehead atoms. The van der Waals surface area contributed by atoms with Gasteiger partial charge in [-0.1, -0.05) is 60.5 Å². The number of fused-ring (bicyclic) bond motifs is 3. The number of hydrogen-bond donors (Lipinski definition) is 3. The van der Waals surface area contributed by atoms with Gasteiger partial charge in [-0.2, -0.15) is 12.6 Å². The number of nitrogens with two attached hydrogens (primary N) is 1. The summed E-state index contributed by atoms with van der Waals surface area (Å²) in [5, 5.41) is 0. The highest BCUT2D eigenvalue weighted by molar-refractivity contribution is 7.98. The molecule has 0 saturated heterocycles. The molecule has 29 heavy (non-hydrogen) atoms. The van der Waals surface area contributed by atoms with Gasteiger partial charge in [0.25, 0.3) is 0 Å². The van der Waals surface area contributed by atoms with Crippen molar-refractivity contribution in [3.05, 3.63) is 59.7 Å². The lowest BCUT2D eigenvalue weighted by molar-refractivity contribution is -0.144. The summed E-state index contributed by atoms with van der Waals surface area (Å²) >= 11 is 5.42. The summed E-state index contributed by atoms with van der Waals surface area (Å²) in [7, 11) is 0. The van der Waals surface area contributed by atoms with Crippen molar-refractivity contribution in [2.24, 2.45) is 5.73 Å². The number of ether oxygens (including phenoxy) is 1. The van der Waals surface area contributed by atoms with E-state index < -0.39 is 16.7 Å². The van der Waals surface area contributed by atoms with Gasteiger partial charge in [0.15, 0.2) is 0 Å². The summed E-state index contributed by atoms with van der Waals surface area (Å²) in [6.07, 6.45) is 0.207. The van der Waals surface area contributed by atoms with Gasteiger partial charge in [-0.25, -0.2) is 0 Å². The SMILES string of the molecule is CC(C)(CC(=O)OCC1c2ccccc2-c2ccccc21)SN[C@@H](CS)C(N)=O. The summed E-state index contributed by atoms with van der Waals surface area (Å²) in [6.45, 7) is 4.15. The Morgan fingerprint density at radius 3 is 2.21 bits per heavy atom. The van der Waals surface area contributed by atoms with Crippen LogP contribution < -0.4 is 10.5 Å². The van der Waals surface area contributed by atoms with Crippen LogP contribution in [0.25, 0.3) is 11.1 Å². The highest BCUT2D eigenvalue weighted by atomic mass is 32.2. The number of hydrogen-bond acceptors (Lipinski definition) is 6. The van der Waals surface area contributed by atoms with Crippen molar-refractivity contribution in [3.63, 3.8) is 0 Å². The van der Waals surface area contributed by atoms with E-state index in [1.807, 2.05) is 38.1 Å². The zero-order valence-electron chi connectivity index (χ0n) is 16.6. The highest BCUT2D eigenvalue weighted by Crippen LogP contribution is 2.44. The summed E-state index contributed by atoms with van der Waals surface area (Å²) in [6, 6.07) is 15.9. The Bertz CT molecular complexity index is 856. The van der Waals surface area contributed by atoms with Crippen molar-refractivity contribution in [2.75, 3.05) is 12.4 Å². The van der Waals surface area contributed by atoms with Crippen molar-refractivity contribution >= 4 is 36.5 Å². The Hall–Kier alpha value is -1.96. The summed E-state index contributed by atoms with van der Waals surface area (Å²) in [5.41, 5.74) is 10.1. The number of esters is 1. The minimum Gasteiger partial charge on any atom is -0.465 e. The number of carbonyl (C=O) groups excluding carboxylic acids is 2. The van der Waals surface area contributed by atoms with Gasteiger partial charge in [-0.05, 0) is 36.1 Å². The molecule has 1 aliphatic carbocycles. The van der Waals surface area contributed by atoms with Crippen LogP contribution in [-0.4, -0.2) is 35.0 Å². The van der Waals surface area contributed by atoms with Gasteiger partial charge in [-0.3, -0.25) is 14.3 Å². The Morgan fingerprint density at radius 2 is 1.69 bits per heavy atom. The van der Waals surface area contributed by atoms with Crippen molar-refractivity contribution < 1.29 is 14.3 Å². The standard InChI is InChI=1S/C22H26N2O3S2/c1-22(2,29-24-19(13-28)21(23)26)11-20(25)27-12-18-16-9-5-3-7-14(16)15-8-4-6-10-17(15)18/h3-10,18-19,24,28H,11-13H2,1-2H3,(H2,23,26)/t19-/m0/s1. The maximum atomic E-state index is 12.5. The molecular weight excluding hydrogens is 404 g/mol. The fourth-order valence-corrected chi connectivity index (χ4v) is 4.71. The lowest BCUT2D eigenvalue weighted by atomic mass is 9.98. The number of carbonyl (C=O) groups is 2. The first-order valence-electron chi connectivity index (χ1n) is 9.50. The van der Waals surface area contributed by atoms with Crippen LogP contribution in [0.15, 0.2) is 48.5 Å². The molecule has 0 saturated carbocycles. The van der Waals surface area contributed by atoms with Gasteiger partial charge in [-0.15, -0.1) is 0 Å². The minimum atomic E-state index is -0.551. The average molecular weight is 431 g/mol. The van der Waals surface area contributed by atoms with Crippen LogP contribution in [0.5, 0.6) is 0 Å². The first kappa shape index (κ1) is 21.7. The zero-order chi connectivity index (χ0) is 21.0. The highest BCUT2D eigenvalue weighted by Gasteiger charge is 2.31. The lowest BCUT2D eigenvalue weighted by Crippen LogP contribution is -2.41. The van der Waals surface area contributed by atoms with Crippen LogP contribution >= 0.6 is 24.6 Å². The Kier molecular flexibility index (Phi) is 6.93. The molecule has 3 rings (SSSR count). The molecule has 0 aliphatic heterocycles. The second kappa shape index (κ2) is 9.24. The molecular formula is C22H26N2O3S2. The fourth-order valence-electron chi connectivity index (χ4n) is 3.47. The van der Waals surface area contributed by atoms with Crippen molar-refractivity contribution in [1.82, 2.24) is 4.72 Å². The second-order valence-electron chi connectivity index (χ2n) is 7.70. The van der Waals surface area contributed by atoms with E-state index in [0.717, 1.165) is 0 Å². The van der Waals surface area contributed by atoms with Crippen LogP contribution in [0, 0.1) is 0 Å². The predicted molar refractivity (Wildman–Crippen MR) is 121 cm³/mol. The average Bonchev–Trinajstić information content (AvgIpc) is 3.00. The van der Waals surface area contributed by atoms with E-state index >= 15 is 0 Å². The Balaban J connectivity index is 1.60. The maximum absolute atomic E-state index is 12.5. The van der Waals surface area contributed by atoms with E-state index in [1.54, 1.807) is 0 Å². The molecule has 0 aromatic heterocycles. The summed E-state index contributed by atoms with van der Waals surface area (Å²) in [4.78, 5) is 23.8. The number of benzene rings is 2. The summed E-state index contributed by atoms with van der Waals surface area (Å²) in [5.74, 6) is -0.399. The number of nitrogens with one attached hydrogen (secondary N) is 1. The molecule has 1 atom stereocenters. The molecule has 1 aliphatic rings. The molecule has 0 radical (unpaired) electrons. The molecule has 5 nitrogen and oxygen atoms in total. The first-order valence-corrected chi connectivity index (χ1v) is 10.9. The third-order valence-corrected chi connectivity index (χ3v) is 6.41. The number of thiol groups is 1. The van der Waals surface area contributed by atoms with E-state index in [2.05, 4.69) is 41.6 Å². The molecule has 2 aromatic carbocycles. The molecule has 2 aromatic rings. The Morgan fingerprint density at radius 1 is 1.14 bits per heavy atom. The fraction of sp³-hybridized carbons (Fsp3) is 0.364. The first-order chi connectivity index (χ1) is 13.8. The van der Waals surface area contributed by atoms with E-state index in [0.29, 0.717) is 12.4 Å². The van der Waals surface area contributed by atoms with E-state index in [9.17, 15) is 9.59 Å². The molecule has 154 valence electrons. The third kappa shape index (κ3) is 5.15. The molecule has 1 amide bonds. The van der Waals surface area contributed by atoms with Crippen LogP contribution in [0.1, 0.15) is 37.3 Å². The van der Waals surface area contributed by atoms with Gasteiger partial charge >= 0.3 is 5.97 Å². The number of amides is 1. The van der Waals surface area contributed by atoms with Crippen LogP contribution in [-0.2, 0) is 14.3 Å². The molecule has 0 fully saturated rings. The van der Waals surface area contributed by atoms with Gasteiger partial charge in [0.05, 0.1) is 6.42 Å². The van der Waals surface area contributed by atoms with Crippen molar-refractivity contribution in [1.29, 1.82) is 0 Å². The van der Waals surface area contributed by atoms with E-state index in [1.165, 1.54) is 34.2 Å². The monoisotopic (exact) mass is 430 g/mol. The number of rotatable bonds is 9. The predicted octanol–water partition coefficient (Wildman–Crippen LogP) is 3.53. The zero-order valence-corrected chi connectivity index (χ0v) is 18.3. The quantitative estimate of drug-likeness (QED) is 0.322. The van der Waals surface area contributed by atoms with Gasteiger partial charge < -0.3 is 10.5 Å². The molecule has 0 heterocycles. The molecule has 7 heteroatoms. The Labute approximate surface area is 181 Å². The van der Waals surface area contributed by atoms with Crippen LogP contribution in [0.3, 0.4) is 0 Å². The van der Waals surface area contributed by atoms with Gasteiger partial charge in [0.1, 0.15) is 12.6 Å². The van der Waals surface area contributed by atoms with Gasteiger partial charge in [0.2, 0.25) is 5.91 Å². The maximum Gasteiger partial charge on any atom is 0.307 e. The second-order valence-corrected chi connectivity index (χ2v) is 9.61.